The molecule has 114 valence electrons. The fourth-order valence-corrected chi connectivity index (χ4v) is 2.92. The molecule has 4 nitrogen and oxygen atoms in total. The molecule has 0 aromatic heterocycles. The van der Waals surface area contributed by atoms with Crippen LogP contribution in [0.15, 0.2) is 30.3 Å². The molecule has 1 aromatic rings. The van der Waals surface area contributed by atoms with Gasteiger partial charge in [0.1, 0.15) is 0 Å². The number of hydrogen-bond acceptors (Lipinski definition) is 3. The highest BCUT2D eigenvalue weighted by molar-refractivity contribution is 7.80. The average Bonchev–Trinajstić information content (AvgIpc) is 2.48. The van der Waals surface area contributed by atoms with Crippen molar-refractivity contribution in [3.63, 3.8) is 0 Å². The molecule has 0 spiro atoms. The first-order valence-corrected chi connectivity index (χ1v) is 7.76. The van der Waals surface area contributed by atoms with Gasteiger partial charge in [-0.2, -0.15) is 0 Å². The van der Waals surface area contributed by atoms with Crippen LogP contribution in [-0.2, 0) is 11.2 Å². The molecule has 21 heavy (non-hydrogen) atoms. The zero-order valence-electron chi connectivity index (χ0n) is 12.5. The molecule has 0 unspecified atom stereocenters. The Morgan fingerprint density at radius 1 is 1.33 bits per heavy atom. The molecule has 3 N–H and O–H groups in total. The second-order valence-electron chi connectivity index (χ2n) is 5.78. The summed E-state index contributed by atoms with van der Waals surface area (Å²) in [5, 5.41) is 3.09. The van der Waals surface area contributed by atoms with Crippen LogP contribution in [0.3, 0.4) is 0 Å². The minimum absolute atomic E-state index is 0.0243. The van der Waals surface area contributed by atoms with Crippen LogP contribution >= 0.6 is 12.2 Å². The third-order valence-corrected chi connectivity index (χ3v) is 4.57. The second kappa shape index (κ2) is 7.00. The van der Waals surface area contributed by atoms with Crippen molar-refractivity contribution >= 4 is 23.1 Å². The van der Waals surface area contributed by atoms with E-state index in [-0.39, 0.29) is 5.91 Å². The summed E-state index contributed by atoms with van der Waals surface area (Å²) in [5.74, 6) is 0.0243. The molecule has 0 bridgehead atoms. The van der Waals surface area contributed by atoms with Gasteiger partial charge < -0.3 is 16.0 Å². The van der Waals surface area contributed by atoms with Crippen LogP contribution in [0.5, 0.6) is 0 Å². The molecule has 1 heterocycles. The molecule has 5 heteroatoms. The Morgan fingerprint density at radius 3 is 2.52 bits per heavy atom. The number of carbonyl (C=O) groups excluding carboxylic acids is 1. The predicted octanol–water partition coefficient (Wildman–Crippen LogP) is 1.49. The fraction of sp³-hybridized carbons (Fsp3) is 0.500. The summed E-state index contributed by atoms with van der Waals surface area (Å²) in [6.07, 6.45) is 2.77. The van der Waals surface area contributed by atoms with E-state index in [2.05, 4.69) is 17.3 Å². The monoisotopic (exact) mass is 305 g/mol. The standard InChI is InChI=1S/C16H23N3OS/c1-19-11-9-16(10-12-19,15(17)21)18-14(20)8-7-13-5-3-2-4-6-13/h2-6H,7-12H2,1H3,(H2,17,21)(H,18,20). The van der Waals surface area contributed by atoms with E-state index in [0.717, 1.165) is 32.4 Å². The first-order valence-electron chi connectivity index (χ1n) is 7.35. The molecule has 1 amide bonds. The van der Waals surface area contributed by atoms with Crippen LogP contribution in [0.2, 0.25) is 0 Å². The Morgan fingerprint density at radius 2 is 1.95 bits per heavy atom. The number of nitrogens with zero attached hydrogens (tertiary/aromatic N) is 1. The summed E-state index contributed by atoms with van der Waals surface area (Å²) >= 11 is 5.21. The fourth-order valence-electron chi connectivity index (χ4n) is 2.67. The molecule has 1 aliphatic rings. The summed E-state index contributed by atoms with van der Waals surface area (Å²) < 4.78 is 0. The largest absolute Gasteiger partial charge is 0.391 e. The zero-order valence-corrected chi connectivity index (χ0v) is 13.3. The van der Waals surface area contributed by atoms with E-state index in [1.165, 1.54) is 5.56 Å². The van der Waals surface area contributed by atoms with Crippen molar-refractivity contribution in [1.82, 2.24) is 10.2 Å². The van der Waals surface area contributed by atoms with Crippen molar-refractivity contribution in [2.24, 2.45) is 5.73 Å². The van der Waals surface area contributed by atoms with E-state index >= 15 is 0 Å². The van der Waals surface area contributed by atoms with Crippen LogP contribution in [0.25, 0.3) is 0 Å². The Balaban J connectivity index is 1.91. The summed E-state index contributed by atoms with van der Waals surface area (Å²) in [6, 6.07) is 10.0. The van der Waals surface area contributed by atoms with Gasteiger partial charge in [-0.1, -0.05) is 42.5 Å². The lowest BCUT2D eigenvalue weighted by molar-refractivity contribution is -0.122. The van der Waals surface area contributed by atoms with Crippen LogP contribution < -0.4 is 11.1 Å². The van der Waals surface area contributed by atoms with Crippen molar-refractivity contribution in [2.45, 2.75) is 31.2 Å². The SMILES string of the molecule is CN1CCC(NC(=O)CCc2ccccc2)(C(N)=S)CC1. The van der Waals surface area contributed by atoms with Crippen LogP contribution in [0.1, 0.15) is 24.8 Å². The van der Waals surface area contributed by atoms with Crippen molar-refractivity contribution in [3.05, 3.63) is 35.9 Å². The molecule has 0 aliphatic carbocycles. The number of nitrogens with two attached hydrogens (primary N) is 1. The molecule has 1 fully saturated rings. The Bertz CT molecular complexity index is 496. The van der Waals surface area contributed by atoms with Gasteiger partial charge in [-0.05, 0) is 31.9 Å². The van der Waals surface area contributed by atoms with E-state index < -0.39 is 5.54 Å². The van der Waals surface area contributed by atoms with Gasteiger partial charge in [0.2, 0.25) is 5.91 Å². The molecule has 0 saturated carbocycles. The number of benzene rings is 1. The van der Waals surface area contributed by atoms with Gasteiger partial charge in [-0.25, -0.2) is 0 Å². The number of aryl methyl sites for hydroxylation is 1. The zero-order chi connectivity index (χ0) is 15.3. The number of amides is 1. The smallest absolute Gasteiger partial charge is 0.221 e. The molecule has 1 saturated heterocycles. The van der Waals surface area contributed by atoms with Gasteiger partial charge >= 0.3 is 0 Å². The summed E-state index contributed by atoms with van der Waals surface area (Å²) in [5.41, 5.74) is 6.56. The number of piperidine rings is 1. The molecule has 0 atom stereocenters. The molecular weight excluding hydrogens is 282 g/mol. The van der Waals surface area contributed by atoms with E-state index in [0.29, 0.717) is 11.4 Å². The van der Waals surface area contributed by atoms with E-state index in [9.17, 15) is 4.79 Å². The highest BCUT2D eigenvalue weighted by Crippen LogP contribution is 2.22. The van der Waals surface area contributed by atoms with Gasteiger partial charge in [-0.15, -0.1) is 0 Å². The first kappa shape index (κ1) is 15.9. The number of carbonyl (C=O) groups is 1. The van der Waals surface area contributed by atoms with Gasteiger partial charge in [0.25, 0.3) is 0 Å². The number of thiocarbonyl (C=S) groups is 1. The molecule has 1 aromatic carbocycles. The lowest BCUT2D eigenvalue weighted by Gasteiger charge is -2.40. The first-order chi connectivity index (χ1) is 10.0. The maximum atomic E-state index is 12.2. The van der Waals surface area contributed by atoms with E-state index in [1.807, 2.05) is 30.3 Å². The number of likely N-dealkylation sites (tertiary alicyclic amines) is 1. The number of nitrogens with one attached hydrogen (secondary N) is 1. The van der Waals surface area contributed by atoms with Gasteiger partial charge in [-0.3, -0.25) is 4.79 Å². The van der Waals surface area contributed by atoms with E-state index in [4.69, 9.17) is 18.0 Å². The Hall–Kier alpha value is -1.46. The van der Waals surface area contributed by atoms with E-state index in [1.54, 1.807) is 0 Å². The molecular formula is C16H23N3OS. The van der Waals surface area contributed by atoms with Crippen molar-refractivity contribution in [2.75, 3.05) is 20.1 Å². The normalized spacial score (nSPS) is 18.1. The van der Waals surface area contributed by atoms with Crippen molar-refractivity contribution in [3.8, 4) is 0 Å². The maximum absolute atomic E-state index is 12.2. The average molecular weight is 305 g/mol. The topological polar surface area (TPSA) is 58.4 Å². The highest BCUT2D eigenvalue weighted by Gasteiger charge is 2.37. The summed E-state index contributed by atoms with van der Waals surface area (Å²) in [7, 11) is 2.07. The number of rotatable bonds is 5. The minimum atomic E-state index is -0.504. The molecule has 1 aliphatic heterocycles. The van der Waals surface area contributed by atoms with Crippen LogP contribution in [0.4, 0.5) is 0 Å². The Labute approximate surface area is 131 Å². The lowest BCUT2D eigenvalue weighted by atomic mass is 9.87. The maximum Gasteiger partial charge on any atom is 0.221 e. The Kier molecular flexibility index (Phi) is 5.31. The third kappa shape index (κ3) is 4.25. The van der Waals surface area contributed by atoms with Gasteiger partial charge in [0.15, 0.2) is 0 Å². The van der Waals surface area contributed by atoms with Gasteiger partial charge in [0.05, 0.1) is 10.5 Å². The predicted molar refractivity (Wildman–Crippen MR) is 89.2 cm³/mol. The second-order valence-corrected chi connectivity index (χ2v) is 6.22. The van der Waals surface area contributed by atoms with Crippen LogP contribution in [-0.4, -0.2) is 41.5 Å². The minimum Gasteiger partial charge on any atom is -0.391 e. The van der Waals surface area contributed by atoms with Crippen molar-refractivity contribution in [1.29, 1.82) is 0 Å². The summed E-state index contributed by atoms with van der Waals surface area (Å²) in [4.78, 5) is 14.9. The molecule has 0 radical (unpaired) electrons. The number of hydrogen-bond donors (Lipinski definition) is 2. The lowest BCUT2D eigenvalue weighted by Crippen LogP contribution is -2.61. The van der Waals surface area contributed by atoms with Crippen LogP contribution in [0, 0.1) is 0 Å². The highest BCUT2D eigenvalue weighted by atomic mass is 32.1. The third-order valence-electron chi connectivity index (χ3n) is 4.17. The van der Waals surface area contributed by atoms with Gasteiger partial charge in [0, 0.05) is 19.5 Å². The summed E-state index contributed by atoms with van der Waals surface area (Å²) in [6.45, 7) is 1.80. The molecule has 2 rings (SSSR count). The van der Waals surface area contributed by atoms with Crippen molar-refractivity contribution < 1.29 is 4.79 Å². The quantitative estimate of drug-likeness (QED) is 0.809.